The number of thioether (sulfide) groups is 1. The first-order chi connectivity index (χ1) is 6.29. The molecule has 2 rings (SSSR count). The van der Waals surface area contributed by atoms with Crippen LogP contribution in [-0.2, 0) is 5.75 Å². The number of hydrogen-bond donors (Lipinski definition) is 1. The molecule has 3 nitrogen and oxygen atoms in total. The summed E-state index contributed by atoms with van der Waals surface area (Å²) in [6, 6.07) is 5.66. The van der Waals surface area contributed by atoms with Gasteiger partial charge in [0.1, 0.15) is 5.75 Å². The Hall–Kier alpha value is -1.16. The van der Waals surface area contributed by atoms with E-state index in [-0.39, 0.29) is 5.24 Å². The Balaban J connectivity index is 2.36. The topological polar surface area (TPSA) is 38.3 Å². The summed E-state index contributed by atoms with van der Waals surface area (Å²) in [4.78, 5) is 11.0. The van der Waals surface area contributed by atoms with E-state index in [0.717, 1.165) is 22.8 Å². The van der Waals surface area contributed by atoms with Crippen molar-refractivity contribution in [2.24, 2.45) is 0 Å². The van der Waals surface area contributed by atoms with Gasteiger partial charge in [-0.1, -0.05) is 11.8 Å². The molecule has 0 saturated heterocycles. The number of carbonyl (C=O) groups is 1. The fourth-order valence-corrected chi connectivity index (χ4v) is 1.94. The van der Waals surface area contributed by atoms with Crippen molar-refractivity contribution in [2.75, 3.05) is 12.4 Å². The second-order valence-corrected chi connectivity index (χ2v) is 3.67. The number of nitrogens with one attached hydrogen (secondary N) is 1. The van der Waals surface area contributed by atoms with Crippen LogP contribution < -0.4 is 10.1 Å². The Kier molecular flexibility index (Phi) is 2.14. The van der Waals surface area contributed by atoms with Gasteiger partial charge in [0.25, 0.3) is 5.24 Å². The van der Waals surface area contributed by atoms with Crippen molar-refractivity contribution in [1.82, 2.24) is 0 Å². The van der Waals surface area contributed by atoms with Gasteiger partial charge < -0.3 is 10.1 Å². The standard InChI is InChI=1S/C9H9NO2S/c1-12-7-2-3-8-6(4-7)5-13-9(11)10-8/h2-4H,5H2,1H3,(H,10,11). The van der Waals surface area contributed by atoms with Crippen LogP contribution in [0, 0.1) is 0 Å². The Labute approximate surface area is 80.5 Å². The van der Waals surface area contributed by atoms with Crippen LogP contribution in [0.2, 0.25) is 0 Å². The molecule has 1 aliphatic heterocycles. The van der Waals surface area contributed by atoms with E-state index < -0.39 is 0 Å². The molecule has 1 N–H and O–H groups in total. The minimum Gasteiger partial charge on any atom is -0.497 e. The van der Waals surface area contributed by atoms with Gasteiger partial charge >= 0.3 is 0 Å². The lowest BCUT2D eigenvalue weighted by atomic mass is 10.2. The molecule has 0 spiro atoms. The molecule has 1 heterocycles. The molecule has 1 aromatic carbocycles. The van der Waals surface area contributed by atoms with E-state index in [1.54, 1.807) is 7.11 Å². The third-order valence-electron chi connectivity index (χ3n) is 1.91. The zero-order valence-electron chi connectivity index (χ0n) is 7.16. The van der Waals surface area contributed by atoms with Gasteiger partial charge in [0.2, 0.25) is 0 Å². The van der Waals surface area contributed by atoms with Gasteiger partial charge in [-0.05, 0) is 23.8 Å². The van der Waals surface area contributed by atoms with Crippen LogP contribution in [0.25, 0.3) is 0 Å². The third-order valence-corrected chi connectivity index (χ3v) is 2.73. The Bertz CT molecular complexity index is 351. The van der Waals surface area contributed by atoms with Crippen molar-refractivity contribution >= 4 is 22.7 Å². The second kappa shape index (κ2) is 3.30. The van der Waals surface area contributed by atoms with Crippen molar-refractivity contribution in [1.29, 1.82) is 0 Å². The smallest absolute Gasteiger partial charge is 0.283 e. The summed E-state index contributed by atoms with van der Waals surface area (Å²) >= 11 is 1.27. The zero-order valence-corrected chi connectivity index (χ0v) is 7.98. The van der Waals surface area contributed by atoms with Crippen LogP contribution in [-0.4, -0.2) is 12.3 Å². The molecule has 0 unspecified atom stereocenters. The number of carbonyl (C=O) groups excluding carboxylic acids is 1. The first-order valence-electron chi connectivity index (χ1n) is 3.90. The second-order valence-electron chi connectivity index (χ2n) is 2.72. The van der Waals surface area contributed by atoms with Crippen molar-refractivity contribution in [3.63, 3.8) is 0 Å². The molecular formula is C9H9NO2S. The first-order valence-corrected chi connectivity index (χ1v) is 4.89. The minimum atomic E-state index is 0.0117. The average Bonchev–Trinajstić information content (AvgIpc) is 2.17. The molecule has 1 amide bonds. The van der Waals surface area contributed by atoms with Gasteiger partial charge in [-0.2, -0.15) is 0 Å². The molecule has 0 saturated carbocycles. The average molecular weight is 195 g/mol. The number of ether oxygens (including phenoxy) is 1. The van der Waals surface area contributed by atoms with Gasteiger partial charge in [0.05, 0.1) is 7.11 Å². The highest BCUT2D eigenvalue weighted by molar-refractivity contribution is 8.13. The number of amides is 1. The van der Waals surface area contributed by atoms with Gasteiger partial charge in [-0.15, -0.1) is 0 Å². The lowest BCUT2D eigenvalue weighted by Gasteiger charge is -2.16. The van der Waals surface area contributed by atoms with Crippen molar-refractivity contribution in [3.05, 3.63) is 23.8 Å². The fourth-order valence-electron chi connectivity index (χ4n) is 1.23. The summed E-state index contributed by atoms with van der Waals surface area (Å²) in [6.45, 7) is 0. The number of methoxy groups -OCH3 is 1. The van der Waals surface area contributed by atoms with Crippen LogP contribution in [0.15, 0.2) is 18.2 Å². The van der Waals surface area contributed by atoms with Crippen LogP contribution in [0.4, 0.5) is 10.5 Å². The van der Waals surface area contributed by atoms with E-state index in [1.807, 2.05) is 18.2 Å². The molecule has 0 atom stereocenters. The molecule has 1 aromatic rings. The largest absolute Gasteiger partial charge is 0.497 e. The summed E-state index contributed by atoms with van der Waals surface area (Å²) in [5.41, 5.74) is 2.01. The number of benzene rings is 1. The summed E-state index contributed by atoms with van der Waals surface area (Å²) in [5.74, 6) is 1.55. The molecule has 13 heavy (non-hydrogen) atoms. The van der Waals surface area contributed by atoms with Gasteiger partial charge in [-0.25, -0.2) is 0 Å². The predicted octanol–water partition coefficient (Wildman–Crippen LogP) is 2.47. The number of rotatable bonds is 1. The van der Waals surface area contributed by atoms with Crippen molar-refractivity contribution in [2.45, 2.75) is 5.75 Å². The van der Waals surface area contributed by atoms with E-state index >= 15 is 0 Å². The van der Waals surface area contributed by atoms with E-state index in [1.165, 1.54) is 11.8 Å². The monoisotopic (exact) mass is 195 g/mol. The highest BCUT2D eigenvalue weighted by Gasteiger charge is 2.15. The molecule has 0 fully saturated rings. The highest BCUT2D eigenvalue weighted by atomic mass is 32.2. The molecule has 0 aliphatic carbocycles. The Morgan fingerprint density at radius 1 is 1.54 bits per heavy atom. The Morgan fingerprint density at radius 2 is 2.38 bits per heavy atom. The maximum Gasteiger partial charge on any atom is 0.283 e. The van der Waals surface area contributed by atoms with Gasteiger partial charge in [0.15, 0.2) is 0 Å². The fraction of sp³-hybridized carbons (Fsp3) is 0.222. The summed E-state index contributed by atoms with van der Waals surface area (Å²) in [5, 5.41) is 2.79. The normalized spacial score (nSPS) is 14.7. The lowest BCUT2D eigenvalue weighted by Crippen LogP contribution is -2.12. The molecule has 4 heteroatoms. The van der Waals surface area contributed by atoms with Crippen LogP contribution >= 0.6 is 11.8 Å². The van der Waals surface area contributed by atoms with E-state index in [2.05, 4.69) is 5.32 Å². The first kappa shape index (κ1) is 8.44. The minimum absolute atomic E-state index is 0.0117. The molecular weight excluding hydrogens is 186 g/mol. The third kappa shape index (κ3) is 1.62. The van der Waals surface area contributed by atoms with Crippen LogP contribution in [0.3, 0.4) is 0 Å². The molecule has 0 radical (unpaired) electrons. The van der Waals surface area contributed by atoms with Crippen LogP contribution in [0.5, 0.6) is 5.75 Å². The quantitative estimate of drug-likeness (QED) is 0.748. The summed E-state index contributed by atoms with van der Waals surface area (Å²) in [6.07, 6.45) is 0. The maximum absolute atomic E-state index is 11.0. The summed E-state index contributed by atoms with van der Waals surface area (Å²) < 4.78 is 5.09. The van der Waals surface area contributed by atoms with Crippen molar-refractivity contribution < 1.29 is 9.53 Å². The number of fused-ring (bicyclic) bond motifs is 1. The van der Waals surface area contributed by atoms with Crippen LogP contribution in [0.1, 0.15) is 5.56 Å². The number of anilines is 1. The molecule has 0 aromatic heterocycles. The molecule has 1 aliphatic rings. The SMILES string of the molecule is COc1ccc2c(c1)CSC(=O)N2. The molecule has 68 valence electrons. The van der Waals surface area contributed by atoms with Gasteiger partial charge in [0, 0.05) is 11.4 Å². The highest BCUT2D eigenvalue weighted by Crippen LogP contribution is 2.30. The van der Waals surface area contributed by atoms with Crippen molar-refractivity contribution in [3.8, 4) is 5.75 Å². The van der Waals surface area contributed by atoms with E-state index in [4.69, 9.17) is 4.74 Å². The lowest BCUT2D eigenvalue weighted by molar-refractivity contribution is 0.269. The number of hydrogen-bond acceptors (Lipinski definition) is 3. The summed E-state index contributed by atoms with van der Waals surface area (Å²) in [7, 11) is 1.64. The van der Waals surface area contributed by atoms with E-state index in [9.17, 15) is 4.79 Å². The maximum atomic E-state index is 11.0. The molecule has 0 bridgehead atoms. The van der Waals surface area contributed by atoms with Gasteiger partial charge in [-0.3, -0.25) is 4.79 Å². The Morgan fingerprint density at radius 3 is 3.15 bits per heavy atom. The zero-order chi connectivity index (χ0) is 9.26. The predicted molar refractivity (Wildman–Crippen MR) is 53.3 cm³/mol. The van der Waals surface area contributed by atoms with E-state index in [0.29, 0.717) is 0 Å².